The lowest BCUT2D eigenvalue weighted by atomic mass is 10.0. The third kappa shape index (κ3) is 6.18. The van der Waals surface area contributed by atoms with Gasteiger partial charge in [-0.05, 0) is 62.7 Å². The summed E-state index contributed by atoms with van der Waals surface area (Å²) in [6.07, 6.45) is -3.10. The number of hydrogen-bond donors (Lipinski definition) is 1. The summed E-state index contributed by atoms with van der Waals surface area (Å²) in [4.78, 5) is 4.35. The highest BCUT2D eigenvalue weighted by Gasteiger charge is 2.44. The second-order valence-electron chi connectivity index (χ2n) is 10.3. The molecule has 0 fully saturated rings. The van der Waals surface area contributed by atoms with E-state index in [1.165, 1.54) is 22.7 Å². The minimum atomic E-state index is -4.73. The molecule has 0 aliphatic heterocycles. The van der Waals surface area contributed by atoms with Gasteiger partial charge in [0.2, 0.25) is 0 Å². The van der Waals surface area contributed by atoms with Gasteiger partial charge in [-0.15, -0.1) is 10.2 Å². The molecule has 14 heteroatoms. The third-order valence-corrected chi connectivity index (χ3v) is 8.20. The van der Waals surface area contributed by atoms with Crippen LogP contribution >= 0.6 is 11.6 Å². The van der Waals surface area contributed by atoms with Gasteiger partial charge in [-0.3, -0.25) is 4.98 Å². The highest BCUT2D eigenvalue weighted by molar-refractivity contribution is 7.84. The van der Waals surface area contributed by atoms with Gasteiger partial charge in [-0.25, -0.2) is 8.93 Å². The molecular weight excluding hydrogens is 593 g/mol. The number of aromatic nitrogens is 5. The second-order valence-corrected chi connectivity index (χ2v) is 12.7. The second kappa shape index (κ2) is 11.5. The summed E-state index contributed by atoms with van der Waals surface area (Å²) in [5, 5.41) is 13.5. The minimum absolute atomic E-state index is 0.0340. The van der Waals surface area contributed by atoms with Gasteiger partial charge in [-0.2, -0.15) is 22.8 Å². The van der Waals surface area contributed by atoms with E-state index < -0.39 is 28.0 Å². The maximum absolute atomic E-state index is 14.0. The summed E-state index contributed by atoms with van der Waals surface area (Å²) in [6, 6.07) is 12.5. The topological polar surface area (TPSA) is 104 Å². The Morgan fingerprint density at radius 2 is 1.83 bits per heavy atom. The van der Waals surface area contributed by atoms with Gasteiger partial charge < -0.3 is 9.47 Å². The monoisotopic (exact) mass is 618 g/mol. The van der Waals surface area contributed by atoms with Crippen LogP contribution in [0.4, 0.5) is 13.2 Å². The van der Waals surface area contributed by atoms with Gasteiger partial charge in [0, 0.05) is 28.2 Å². The van der Waals surface area contributed by atoms with E-state index in [1.54, 1.807) is 58.3 Å². The van der Waals surface area contributed by atoms with Gasteiger partial charge in [0.05, 0.1) is 34.1 Å². The van der Waals surface area contributed by atoms with Crippen molar-refractivity contribution in [1.29, 1.82) is 0 Å². The van der Waals surface area contributed by atoms with Gasteiger partial charge in [0.25, 0.3) is 0 Å². The van der Waals surface area contributed by atoms with Crippen molar-refractivity contribution < 1.29 is 26.9 Å². The molecule has 2 aromatic carbocycles. The fraction of sp³-hybridized carbons (Fsp3) is 0.286. The molecule has 0 radical (unpaired) electrons. The molecule has 0 aliphatic carbocycles. The van der Waals surface area contributed by atoms with E-state index in [-0.39, 0.29) is 17.2 Å². The molecule has 0 saturated carbocycles. The molecule has 0 amide bonds. The number of pyridine rings is 1. The molecular formula is C28H26ClF3N6O3S. The van der Waals surface area contributed by atoms with Crippen molar-refractivity contribution >= 4 is 39.1 Å². The normalized spacial score (nSPS) is 13.8. The van der Waals surface area contributed by atoms with Gasteiger partial charge in [0.15, 0.2) is 11.5 Å². The lowest BCUT2D eigenvalue weighted by Crippen LogP contribution is -2.41. The summed E-state index contributed by atoms with van der Waals surface area (Å²) in [7, 11) is -0.404. The summed E-state index contributed by atoms with van der Waals surface area (Å²) < 4.78 is 68.4. The van der Waals surface area contributed by atoms with Crippen LogP contribution in [0.5, 0.6) is 11.5 Å². The first-order valence-corrected chi connectivity index (χ1v) is 14.2. The number of alkyl halides is 3. The van der Waals surface area contributed by atoms with E-state index in [0.29, 0.717) is 39.7 Å². The lowest BCUT2D eigenvalue weighted by Gasteiger charge is -2.27. The standard InChI is InChI=1S/C28H26ClF3N6O3S/c1-27(2,3)42(39)37-26(28(30,31)32)18-7-5-16(13-20(18)29)21-9-10-24-34-35-25(38(24)36-21)15-41-23-11-12-33-22-14-17(40-4)6-8-19(22)23/h5-14,26,37H,15H2,1-4H3/t26-,42+/m0/s1. The molecule has 9 nitrogen and oxygen atoms in total. The van der Waals surface area contributed by atoms with Crippen LogP contribution in [-0.2, 0) is 17.6 Å². The van der Waals surface area contributed by atoms with Crippen LogP contribution in [0.2, 0.25) is 5.02 Å². The number of halogens is 4. The zero-order chi connectivity index (χ0) is 30.2. The first-order chi connectivity index (χ1) is 19.8. The molecule has 3 heterocycles. The van der Waals surface area contributed by atoms with E-state index in [0.717, 1.165) is 5.39 Å². The summed E-state index contributed by atoms with van der Waals surface area (Å²) in [6.45, 7) is 4.78. The number of nitrogens with zero attached hydrogens (tertiary/aromatic N) is 5. The summed E-state index contributed by atoms with van der Waals surface area (Å²) >= 11 is 6.36. The van der Waals surface area contributed by atoms with Crippen LogP contribution < -0.4 is 14.2 Å². The number of hydrogen-bond acceptors (Lipinski definition) is 7. The molecule has 42 heavy (non-hydrogen) atoms. The molecule has 1 N–H and O–H groups in total. The quantitative estimate of drug-likeness (QED) is 0.220. The zero-order valence-corrected chi connectivity index (χ0v) is 24.5. The molecule has 0 unspecified atom stereocenters. The fourth-order valence-corrected chi connectivity index (χ4v) is 5.20. The molecule has 0 spiro atoms. The highest BCUT2D eigenvalue weighted by Crippen LogP contribution is 2.38. The van der Waals surface area contributed by atoms with Crippen LogP contribution in [-0.4, -0.2) is 47.0 Å². The SMILES string of the molecule is COc1ccc2c(OCc3nnc4ccc(-c5ccc([C@H](N[S@](=O)C(C)(C)C)C(F)(F)F)c(Cl)c5)nn34)ccnc2c1. The Labute approximate surface area is 246 Å². The Morgan fingerprint density at radius 1 is 1.05 bits per heavy atom. The van der Waals surface area contributed by atoms with E-state index in [4.69, 9.17) is 21.1 Å². The summed E-state index contributed by atoms with van der Waals surface area (Å²) in [5.41, 5.74) is 1.81. The van der Waals surface area contributed by atoms with Crippen molar-refractivity contribution in [3.63, 3.8) is 0 Å². The van der Waals surface area contributed by atoms with Gasteiger partial charge in [0.1, 0.15) is 24.1 Å². The number of methoxy groups -OCH3 is 1. The largest absolute Gasteiger partial charge is 0.497 e. The molecule has 0 bridgehead atoms. The predicted molar refractivity (Wildman–Crippen MR) is 154 cm³/mol. The van der Waals surface area contributed by atoms with Crippen LogP contribution in [0.15, 0.2) is 60.8 Å². The molecule has 5 rings (SSSR count). The molecule has 5 aromatic rings. The van der Waals surface area contributed by atoms with E-state index >= 15 is 0 Å². The number of nitrogens with one attached hydrogen (secondary N) is 1. The van der Waals surface area contributed by atoms with Crippen molar-refractivity contribution in [1.82, 2.24) is 29.5 Å². The van der Waals surface area contributed by atoms with Crippen LogP contribution in [0.3, 0.4) is 0 Å². The average molecular weight is 619 g/mol. The number of benzene rings is 2. The Bertz CT molecular complexity index is 1790. The average Bonchev–Trinajstić information content (AvgIpc) is 3.35. The van der Waals surface area contributed by atoms with Crippen LogP contribution in [0.1, 0.15) is 38.2 Å². The molecule has 0 aliphatic rings. The van der Waals surface area contributed by atoms with Crippen LogP contribution in [0, 0.1) is 0 Å². The first-order valence-electron chi connectivity index (χ1n) is 12.7. The number of ether oxygens (including phenoxy) is 2. The van der Waals surface area contributed by atoms with Crippen LogP contribution in [0.25, 0.3) is 27.8 Å². The maximum atomic E-state index is 14.0. The highest BCUT2D eigenvalue weighted by atomic mass is 35.5. The lowest BCUT2D eigenvalue weighted by molar-refractivity contribution is -0.152. The van der Waals surface area contributed by atoms with Crippen molar-refractivity contribution in [2.45, 2.75) is 44.3 Å². The Hall–Kier alpha value is -3.81. The number of rotatable bonds is 8. The van der Waals surface area contributed by atoms with Gasteiger partial charge >= 0.3 is 6.18 Å². The Morgan fingerprint density at radius 3 is 2.52 bits per heavy atom. The Kier molecular flexibility index (Phi) is 8.10. The Balaban J connectivity index is 1.41. The predicted octanol–water partition coefficient (Wildman–Crippen LogP) is 6.24. The smallest absolute Gasteiger partial charge is 0.408 e. The summed E-state index contributed by atoms with van der Waals surface area (Å²) in [5.74, 6) is 1.66. The van der Waals surface area contributed by atoms with Crippen molar-refractivity contribution in [3.8, 4) is 22.8 Å². The first kappa shape index (κ1) is 29.7. The molecule has 3 aromatic heterocycles. The van der Waals surface area contributed by atoms with Crippen molar-refractivity contribution in [3.05, 3.63) is 77.2 Å². The maximum Gasteiger partial charge on any atom is 0.408 e. The van der Waals surface area contributed by atoms with E-state index in [9.17, 15) is 17.4 Å². The number of fused-ring (bicyclic) bond motifs is 2. The molecule has 2 atom stereocenters. The van der Waals surface area contributed by atoms with Gasteiger partial charge in [-0.1, -0.05) is 23.7 Å². The van der Waals surface area contributed by atoms with Crippen molar-refractivity contribution in [2.24, 2.45) is 0 Å². The van der Waals surface area contributed by atoms with E-state index in [1.807, 2.05) is 12.1 Å². The third-order valence-electron chi connectivity index (χ3n) is 6.31. The van der Waals surface area contributed by atoms with Crippen molar-refractivity contribution in [2.75, 3.05) is 7.11 Å². The molecule has 0 saturated heterocycles. The fourth-order valence-electron chi connectivity index (χ4n) is 4.09. The molecule has 220 valence electrons. The zero-order valence-electron chi connectivity index (χ0n) is 22.9. The minimum Gasteiger partial charge on any atom is -0.497 e. The van der Waals surface area contributed by atoms with E-state index in [2.05, 4.69) is 25.0 Å².